The topological polar surface area (TPSA) is 122 Å². The summed E-state index contributed by atoms with van der Waals surface area (Å²) in [6, 6.07) is 3.23. The van der Waals surface area contributed by atoms with Gasteiger partial charge >= 0.3 is 11.9 Å². The zero-order chi connectivity index (χ0) is 11.8. The molecule has 6 heteroatoms. The second kappa shape index (κ2) is 6.39. The van der Waals surface area contributed by atoms with Crippen molar-refractivity contribution in [2.24, 2.45) is 11.8 Å². The van der Waals surface area contributed by atoms with Gasteiger partial charge in [-0.2, -0.15) is 10.5 Å². The number of hydrogen-bond acceptors (Lipinski definition) is 4. The van der Waals surface area contributed by atoms with Gasteiger partial charge < -0.3 is 10.2 Å². The second-order valence-electron chi connectivity index (χ2n) is 2.97. The van der Waals surface area contributed by atoms with Crippen molar-refractivity contribution in [2.75, 3.05) is 0 Å². The van der Waals surface area contributed by atoms with Gasteiger partial charge in [-0.1, -0.05) is 0 Å². The first kappa shape index (κ1) is 12.9. The van der Waals surface area contributed by atoms with E-state index < -0.39 is 23.8 Å². The fourth-order valence-electron chi connectivity index (χ4n) is 1.10. The smallest absolute Gasteiger partial charge is 0.322 e. The third-order valence-electron chi connectivity index (χ3n) is 1.88. The van der Waals surface area contributed by atoms with Crippen LogP contribution in [0.2, 0.25) is 0 Å². The Morgan fingerprint density at radius 2 is 1.80 bits per heavy atom. The van der Waals surface area contributed by atoms with Gasteiger partial charge in [0.2, 0.25) is 0 Å². The van der Waals surface area contributed by atoms with Crippen LogP contribution in [0, 0.1) is 34.5 Å². The molecule has 0 radical (unpaired) electrons. The van der Waals surface area contributed by atoms with E-state index in [0.717, 1.165) is 0 Å². The van der Waals surface area contributed by atoms with E-state index in [4.69, 9.17) is 20.7 Å². The maximum atomic E-state index is 10.5. The number of rotatable bonds is 6. The number of aliphatic carboxylic acids is 2. The lowest BCUT2D eigenvalue weighted by Crippen LogP contribution is -2.21. The highest BCUT2D eigenvalue weighted by Crippen LogP contribution is 2.17. The quantitative estimate of drug-likeness (QED) is 0.661. The number of hydrogen-bond donors (Lipinski definition) is 2. The Labute approximate surface area is 86.4 Å². The van der Waals surface area contributed by atoms with Gasteiger partial charge in [-0.3, -0.25) is 9.59 Å². The Kier molecular flexibility index (Phi) is 5.50. The summed E-state index contributed by atoms with van der Waals surface area (Å²) in [4.78, 5) is 20.7. The SMILES string of the molecule is N#CC(CCCC(=O)O)C(C#N)C(=O)O. The second-order valence-corrected chi connectivity index (χ2v) is 2.97. The first-order chi connectivity index (χ1) is 7.02. The number of carbonyl (C=O) groups is 2. The zero-order valence-corrected chi connectivity index (χ0v) is 7.88. The molecule has 15 heavy (non-hydrogen) atoms. The molecule has 0 heterocycles. The lowest BCUT2D eigenvalue weighted by molar-refractivity contribution is -0.140. The Bertz CT molecular complexity index is 326. The van der Waals surface area contributed by atoms with Gasteiger partial charge in [0.15, 0.2) is 5.92 Å². The van der Waals surface area contributed by atoms with Gasteiger partial charge in [-0.05, 0) is 12.8 Å². The Morgan fingerprint density at radius 3 is 2.13 bits per heavy atom. The first-order valence-electron chi connectivity index (χ1n) is 4.26. The third-order valence-corrected chi connectivity index (χ3v) is 1.88. The van der Waals surface area contributed by atoms with Crippen LogP contribution in [0.15, 0.2) is 0 Å². The predicted octanol–water partition coefficient (Wildman–Crippen LogP) is 0.605. The highest BCUT2D eigenvalue weighted by atomic mass is 16.4. The summed E-state index contributed by atoms with van der Waals surface area (Å²) >= 11 is 0. The van der Waals surface area contributed by atoms with E-state index in [-0.39, 0.29) is 19.3 Å². The van der Waals surface area contributed by atoms with Crippen molar-refractivity contribution in [3.63, 3.8) is 0 Å². The molecule has 0 spiro atoms. The van der Waals surface area contributed by atoms with E-state index in [1.54, 1.807) is 6.07 Å². The molecule has 0 saturated heterocycles. The molecule has 2 atom stereocenters. The highest BCUT2D eigenvalue weighted by molar-refractivity contribution is 5.73. The van der Waals surface area contributed by atoms with Crippen molar-refractivity contribution in [1.29, 1.82) is 10.5 Å². The van der Waals surface area contributed by atoms with Crippen molar-refractivity contribution in [3.8, 4) is 12.1 Å². The molecule has 0 bridgehead atoms. The maximum absolute atomic E-state index is 10.5. The molecule has 0 aromatic heterocycles. The lowest BCUT2D eigenvalue weighted by Gasteiger charge is -2.09. The minimum atomic E-state index is -1.39. The highest BCUT2D eigenvalue weighted by Gasteiger charge is 2.27. The monoisotopic (exact) mass is 210 g/mol. The van der Waals surface area contributed by atoms with Crippen molar-refractivity contribution in [2.45, 2.75) is 19.3 Å². The van der Waals surface area contributed by atoms with Crippen LogP contribution in [0.4, 0.5) is 0 Å². The van der Waals surface area contributed by atoms with E-state index in [2.05, 4.69) is 0 Å². The Morgan fingerprint density at radius 1 is 1.20 bits per heavy atom. The largest absolute Gasteiger partial charge is 0.481 e. The third kappa shape index (κ3) is 4.63. The normalized spacial score (nSPS) is 13.2. The first-order valence-corrected chi connectivity index (χ1v) is 4.26. The molecule has 2 unspecified atom stereocenters. The molecule has 0 saturated carbocycles. The summed E-state index contributed by atoms with van der Waals surface area (Å²) < 4.78 is 0. The minimum absolute atomic E-state index is 0.104. The minimum Gasteiger partial charge on any atom is -0.481 e. The molecule has 0 aliphatic carbocycles. The van der Waals surface area contributed by atoms with Crippen molar-refractivity contribution in [3.05, 3.63) is 0 Å². The number of carboxylic acid groups (broad SMARTS) is 2. The molecule has 0 aromatic rings. The summed E-state index contributed by atoms with van der Waals surface area (Å²) in [5, 5.41) is 34.1. The van der Waals surface area contributed by atoms with Gasteiger partial charge in [0.05, 0.1) is 18.1 Å². The van der Waals surface area contributed by atoms with Crippen molar-refractivity contribution >= 4 is 11.9 Å². The van der Waals surface area contributed by atoms with Crippen LogP contribution in [0.3, 0.4) is 0 Å². The molecule has 0 amide bonds. The van der Waals surface area contributed by atoms with E-state index in [9.17, 15) is 9.59 Å². The van der Waals surface area contributed by atoms with E-state index in [1.165, 1.54) is 6.07 Å². The van der Waals surface area contributed by atoms with Gasteiger partial charge in [0.1, 0.15) is 0 Å². The maximum Gasteiger partial charge on any atom is 0.322 e. The predicted molar refractivity (Wildman–Crippen MR) is 47.3 cm³/mol. The van der Waals surface area contributed by atoms with E-state index in [0.29, 0.717) is 0 Å². The van der Waals surface area contributed by atoms with Gasteiger partial charge in [-0.15, -0.1) is 0 Å². The van der Waals surface area contributed by atoms with Crippen molar-refractivity contribution < 1.29 is 19.8 Å². The molecule has 0 aliphatic heterocycles. The summed E-state index contributed by atoms with van der Waals surface area (Å²) in [6.45, 7) is 0. The van der Waals surface area contributed by atoms with Crippen LogP contribution in [0.1, 0.15) is 19.3 Å². The van der Waals surface area contributed by atoms with Crippen LogP contribution in [0.5, 0.6) is 0 Å². The molecule has 80 valence electrons. The van der Waals surface area contributed by atoms with E-state index >= 15 is 0 Å². The number of carboxylic acids is 2. The number of nitriles is 2. The average Bonchev–Trinajstić information content (AvgIpc) is 2.15. The van der Waals surface area contributed by atoms with Gasteiger partial charge in [-0.25, -0.2) is 0 Å². The summed E-state index contributed by atoms with van der Waals surface area (Å²) in [6.07, 6.45) is 0.169. The van der Waals surface area contributed by atoms with E-state index in [1.807, 2.05) is 0 Å². The lowest BCUT2D eigenvalue weighted by atomic mass is 9.90. The Balaban J connectivity index is 4.26. The molecule has 0 rings (SSSR count). The van der Waals surface area contributed by atoms with Crippen LogP contribution in [0.25, 0.3) is 0 Å². The average molecular weight is 210 g/mol. The molecule has 0 aliphatic rings. The van der Waals surface area contributed by atoms with Crippen LogP contribution < -0.4 is 0 Å². The molecule has 0 aromatic carbocycles. The zero-order valence-electron chi connectivity index (χ0n) is 7.88. The molecular formula is C9H10N2O4. The molecule has 0 fully saturated rings. The summed E-state index contributed by atoms with van der Waals surface area (Å²) in [5.74, 6) is -4.69. The van der Waals surface area contributed by atoms with Crippen molar-refractivity contribution in [1.82, 2.24) is 0 Å². The Hall–Kier alpha value is -2.08. The summed E-state index contributed by atoms with van der Waals surface area (Å²) in [5.41, 5.74) is 0. The molecule has 2 N–H and O–H groups in total. The van der Waals surface area contributed by atoms with Gasteiger partial charge in [0, 0.05) is 6.42 Å². The van der Waals surface area contributed by atoms with Crippen LogP contribution in [-0.2, 0) is 9.59 Å². The standard InChI is InChI=1S/C9H10N2O4/c10-4-6(2-1-3-8(12)13)7(5-11)9(14)15/h6-7H,1-3H2,(H,12,13)(H,14,15). The number of nitrogens with zero attached hydrogens (tertiary/aromatic N) is 2. The fraction of sp³-hybridized carbons (Fsp3) is 0.556. The fourth-order valence-corrected chi connectivity index (χ4v) is 1.10. The molecule has 6 nitrogen and oxygen atoms in total. The summed E-state index contributed by atoms with van der Waals surface area (Å²) in [7, 11) is 0. The van der Waals surface area contributed by atoms with Gasteiger partial charge in [0.25, 0.3) is 0 Å². The molecular weight excluding hydrogens is 200 g/mol. The van der Waals surface area contributed by atoms with Crippen LogP contribution in [-0.4, -0.2) is 22.2 Å². The van der Waals surface area contributed by atoms with Crippen LogP contribution >= 0.6 is 0 Å².